The fraction of sp³-hybridized carbons (Fsp3) is 0.375. The Kier molecular flexibility index (Phi) is 11.6. The average Bonchev–Trinajstić information content (AvgIpc) is 3.10. The molecule has 1 heterocycles. The molecule has 1 aromatic rings. The van der Waals surface area contributed by atoms with Crippen LogP contribution in [0.25, 0.3) is 5.57 Å². The van der Waals surface area contributed by atoms with E-state index in [0.717, 1.165) is 42.2 Å². The van der Waals surface area contributed by atoms with Crippen molar-refractivity contribution in [3.63, 3.8) is 0 Å². The van der Waals surface area contributed by atoms with Gasteiger partial charge >= 0.3 is 0 Å². The van der Waals surface area contributed by atoms with Crippen molar-refractivity contribution in [1.29, 1.82) is 0 Å². The number of allylic oxidation sites excluding steroid dienone is 6. The van der Waals surface area contributed by atoms with E-state index < -0.39 is 0 Å². The molecule has 0 aliphatic carbocycles. The minimum Gasteiger partial charge on any atom is -0.382 e. The zero-order valence-corrected chi connectivity index (χ0v) is 19.3. The van der Waals surface area contributed by atoms with Crippen molar-refractivity contribution in [1.82, 2.24) is 14.9 Å². The third-order valence-electron chi connectivity index (χ3n) is 4.30. The van der Waals surface area contributed by atoms with E-state index >= 15 is 0 Å². The highest BCUT2D eigenvalue weighted by molar-refractivity contribution is 6.01. The summed E-state index contributed by atoms with van der Waals surface area (Å²) in [6.07, 6.45) is 14.4. The summed E-state index contributed by atoms with van der Waals surface area (Å²) < 4.78 is 15.3. The summed E-state index contributed by atoms with van der Waals surface area (Å²) in [5.74, 6) is 1.55. The lowest BCUT2D eigenvalue weighted by molar-refractivity contribution is 0.641. The van der Waals surface area contributed by atoms with E-state index in [1.165, 1.54) is 19.2 Å². The van der Waals surface area contributed by atoms with Crippen molar-refractivity contribution >= 4 is 17.2 Å². The second-order valence-corrected chi connectivity index (χ2v) is 6.68. The molecule has 0 bridgehead atoms. The van der Waals surface area contributed by atoms with Gasteiger partial charge in [-0.25, -0.2) is 9.37 Å². The van der Waals surface area contributed by atoms with E-state index in [1.54, 1.807) is 7.05 Å². The molecule has 3 N–H and O–H groups in total. The first-order valence-electron chi connectivity index (χ1n) is 10.5. The van der Waals surface area contributed by atoms with Crippen LogP contribution in [0.4, 0.5) is 4.39 Å². The lowest BCUT2D eigenvalue weighted by Crippen LogP contribution is -2.20. The van der Waals surface area contributed by atoms with Gasteiger partial charge in [0.25, 0.3) is 0 Å². The van der Waals surface area contributed by atoms with E-state index in [1.807, 2.05) is 37.3 Å². The van der Waals surface area contributed by atoms with Crippen LogP contribution >= 0.6 is 0 Å². The highest BCUT2D eigenvalue weighted by Gasteiger charge is 2.20. The Hall–Kier alpha value is -3.22. The minimum absolute atomic E-state index is 0.329. The smallest absolute Gasteiger partial charge is 0.144 e. The standard InChI is InChI=1S/C24H35FN6/c1-7-13-19(15-11-12-16-29-20(28-9-3)17-18(5)25)22-23(24(26)27-6)31(10-4)21(30-22)14-8-2/h7,9,11-13,15,17H,3,8,10,14,16H2,1-2,4-6H3,(H2,26,27)(H,28,29)/b12-11?,13-7?,18-17+,19-15+. The molecule has 1 rings (SSSR count). The minimum atomic E-state index is -0.329. The number of aryl methyl sites for hydroxylation is 1. The van der Waals surface area contributed by atoms with Crippen LogP contribution in [0.15, 0.2) is 65.0 Å². The van der Waals surface area contributed by atoms with E-state index in [4.69, 9.17) is 10.7 Å². The quantitative estimate of drug-likeness (QED) is 0.305. The Morgan fingerprint density at radius 1 is 1.35 bits per heavy atom. The monoisotopic (exact) mass is 426 g/mol. The number of aliphatic imine (C=N–C) groups is 2. The molecule has 6 nitrogen and oxygen atoms in total. The number of hydrogen-bond acceptors (Lipinski definition) is 3. The molecule has 0 unspecified atom stereocenters. The van der Waals surface area contributed by atoms with Gasteiger partial charge in [0, 0.05) is 31.7 Å². The van der Waals surface area contributed by atoms with Crippen molar-refractivity contribution in [3.8, 4) is 0 Å². The van der Waals surface area contributed by atoms with Crippen molar-refractivity contribution < 1.29 is 4.39 Å². The molecule has 0 saturated carbocycles. The molecule has 0 saturated heterocycles. The summed E-state index contributed by atoms with van der Waals surface area (Å²) in [4.78, 5) is 13.4. The number of rotatable bonds is 11. The molecule has 168 valence electrons. The van der Waals surface area contributed by atoms with Gasteiger partial charge in [0.05, 0.1) is 12.2 Å². The van der Waals surface area contributed by atoms with Crippen LogP contribution in [-0.2, 0) is 13.0 Å². The topological polar surface area (TPSA) is 80.6 Å². The molecule has 0 spiro atoms. The van der Waals surface area contributed by atoms with Crippen molar-refractivity contribution in [2.75, 3.05) is 13.6 Å². The molecule has 1 aromatic heterocycles. The third-order valence-corrected chi connectivity index (χ3v) is 4.30. The first-order valence-corrected chi connectivity index (χ1v) is 10.5. The van der Waals surface area contributed by atoms with Gasteiger partial charge < -0.3 is 15.6 Å². The molecule has 0 fully saturated rings. The second kappa shape index (κ2) is 13.9. The molecule has 0 aliphatic heterocycles. The maximum atomic E-state index is 13.1. The molecule has 7 heteroatoms. The predicted octanol–water partition coefficient (Wildman–Crippen LogP) is 4.71. The number of halogens is 1. The van der Waals surface area contributed by atoms with Gasteiger partial charge in [-0.1, -0.05) is 43.9 Å². The van der Waals surface area contributed by atoms with E-state index in [0.29, 0.717) is 18.2 Å². The largest absolute Gasteiger partial charge is 0.382 e. The fourth-order valence-electron chi connectivity index (χ4n) is 3.02. The van der Waals surface area contributed by atoms with Crippen LogP contribution in [-0.4, -0.2) is 34.8 Å². The summed E-state index contributed by atoms with van der Waals surface area (Å²) in [5, 5.41) is 2.81. The van der Waals surface area contributed by atoms with Crippen LogP contribution < -0.4 is 11.1 Å². The normalized spacial score (nSPS) is 14.1. The van der Waals surface area contributed by atoms with E-state index in [9.17, 15) is 4.39 Å². The molecule has 0 atom stereocenters. The maximum absolute atomic E-state index is 13.1. The summed E-state index contributed by atoms with van der Waals surface area (Å²) in [7, 11) is 1.69. The lowest BCUT2D eigenvalue weighted by atomic mass is 10.1. The average molecular weight is 427 g/mol. The number of amidine groups is 2. The Bertz CT molecular complexity index is 909. The van der Waals surface area contributed by atoms with E-state index in [2.05, 4.69) is 40.3 Å². The molecular weight excluding hydrogens is 391 g/mol. The van der Waals surface area contributed by atoms with Gasteiger partial charge in [-0.2, -0.15) is 0 Å². The van der Waals surface area contributed by atoms with Gasteiger partial charge in [-0.3, -0.25) is 9.98 Å². The highest BCUT2D eigenvalue weighted by Crippen LogP contribution is 2.23. The van der Waals surface area contributed by atoms with Crippen LogP contribution in [0.3, 0.4) is 0 Å². The maximum Gasteiger partial charge on any atom is 0.144 e. The van der Waals surface area contributed by atoms with Gasteiger partial charge in [0.1, 0.15) is 29.0 Å². The SMILES string of the molecule is C=CNC(/C=C(\C)F)=NCC=C/C=C(\C=CC)c1nc(CCC)n(CC)c1C(N)=NC. The first-order chi connectivity index (χ1) is 14.9. The summed E-state index contributed by atoms with van der Waals surface area (Å²) in [6.45, 7) is 12.3. The molecule has 31 heavy (non-hydrogen) atoms. The Labute approximate surface area is 185 Å². The number of nitrogens with one attached hydrogen (secondary N) is 1. The lowest BCUT2D eigenvalue weighted by Gasteiger charge is -2.09. The number of nitrogens with two attached hydrogens (primary N) is 1. The molecule has 0 aliphatic rings. The van der Waals surface area contributed by atoms with E-state index in [-0.39, 0.29) is 5.83 Å². The van der Waals surface area contributed by atoms with Crippen LogP contribution in [0.2, 0.25) is 0 Å². The fourth-order valence-corrected chi connectivity index (χ4v) is 3.02. The van der Waals surface area contributed by atoms with Gasteiger partial charge in [-0.15, -0.1) is 0 Å². The zero-order valence-electron chi connectivity index (χ0n) is 19.3. The molecule has 0 aromatic carbocycles. The van der Waals surface area contributed by atoms with Gasteiger partial charge in [0.15, 0.2) is 0 Å². The number of aromatic nitrogens is 2. The van der Waals surface area contributed by atoms with Crippen LogP contribution in [0, 0.1) is 0 Å². The van der Waals surface area contributed by atoms with Gasteiger partial charge in [0.2, 0.25) is 0 Å². The third kappa shape index (κ3) is 7.85. The predicted molar refractivity (Wildman–Crippen MR) is 131 cm³/mol. The number of hydrogen-bond donors (Lipinski definition) is 2. The molecule has 0 amide bonds. The molecular formula is C24H35FN6. The van der Waals surface area contributed by atoms with Crippen LogP contribution in [0.1, 0.15) is 51.3 Å². The number of imidazole rings is 1. The van der Waals surface area contributed by atoms with Crippen LogP contribution in [0.5, 0.6) is 0 Å². The highest BCUT2D eigenvalue weighted by atomic mass is 19.1. The van der Waals surface area contributed by atoms with Gasteiger partial charge in [-0.05, 0) is 33.4 Å². The second-order valence-electron chi connectivity index (χ2n) is 6.68. The van der Waals surface area contributed by atoms with Crippen molar-refractivity contribution in [3.05, 3.63) is 72.3 Å². The Morgan fingerprint density at radius 2 is 2.10 bits per heavy atom. The summed E-state index contributed by atoms with van der Waals surface area (Å²) in [6, 6.07) is 0. The first kappa shape index (κ1) is 25.8. The van der Waals surface area contributed by atoms with Crippen molar-refractivity contribution in [2.24, 2.45) is 15.7 Å². The zero-order chi connectivity index (χ0) is 23.2. The molecule has 0 radical (unpaired) electrons. The Morgan fingerprint density at radius 3 is 2.65 bits per heavy atom. The van der Waals surface area contributed by atoms with Crippen molar-refractivity contribution in [2.45, 2.75) is 47.1 Å². The Balaban J connectivity index is 3.32. The number of nitrogens with zero attached hydrogens (tertiary/aromatic N) is 4. The summed E-state index contributed by atoms with van der Waals surface area (Å²) >= 11 is 0. The summed E-state index contributed by atoms with van der Waals surface area (Å²) in [5.41, 5.74) is 8.82.